The standard InChI is InChI=1S/C24H21ClN4O4/c1-14(19(15-8-4-3-5-9-15)17-10-6-7-11-18(17)25)22-28-20(21(30)24(32)29(22)2)23(31)27-16-12-26-33-13-16/h3-14,19,30H,1-2H3,(H,27,31)/t14-,19+/m1/s1. The van der Waals surface area contributed by atoms with Gasteiger partial charge in [-0.25, -0.2) is 4.98 Å². The molecule has 0 aliphatic carbocycles. The van der Waals surface area contributed by atoms with Crippen LogP contribution in [-0.4, -0.2) is 25.7 Å². The molecule has 2 N–H and O–H groups in total. The van der Waals surface area contributed by atoms with Gasteiger partial charge in [0.2, 0.25) is 5.75 Å². The number of aromatic hydroxyl groups is 1. The molecule has 0 fully saturated rings. The van der Waals surface area contributed by atoms with Crippen LogP contribution >= 0.6 is 11.6 Å². The zero-order valence-electron chi connectivity index (χ0n) is 17.9. The molecule has 0 aliphatic heterocycles. The average Bonchev–Trinajstić information content (AvgIpc) is 3.32. The molecule has 2 aromatic carbocycles. The Morgan fingerprint density at radius 1 is 1.15 bits per heavy atom. The van der Waals surface area contributed by atoms with E-state index in [9.17, 15) is 14.7 Å². The third-order valence-corrected chi connectivity index (χ3v) is 5.86. The lowest BCUT2D eigenvalue weighted by molar-refractivity contribution is 0.101. The fourth-order valence-corrected chi connectivity index (χ4v) is 4.16. The summed E-state index contributed by atoms with van der Waals surface area (Å²) in [6.07, 6.45) is 2.52. The number of benzene rings is 2. The number of anilines is 1. The Balaban J connectivity index is 1.83. The van der Waals surface area contributed by atoms with Crippen LogP contribution in [0.4, 0.5) is 5.69 Å². The van der Waals surface area contributed by atoms with E-state index in [1.807, 2.05) is 55.5 Å². The highest BCUT2D eigenvalue weighted by atomic mass is 35.5. The first-order valence-electron chi connectivity index (χ1n) is 10.2. The Morgan fingerprint density at radius 3 is 2.52 bits per heavy atom. The van der Waals surface area contributed by atoms with E-state index in [0.717, 1.165) is 11.1 Å². The Hall–Kier alpha value is -3.91. The molecular formula is C24H21ClN4O4. The Kier molecular flexibility index (Phi) is 6.28. The minimum Gasteiger partial charge on any atom is -0.501 e. The van der Waals surface area contributed by atoms with Crippen molar-refractivity contribution >= 4 is 23.2 Å². The van der Waals surface area contributed by atoms with Gasteiger partial charge in [0.25, 0.3) is 11.5 Å². The molecule has 0 radical (unpaired) electrons. The molecule has 4 aromatic rings. The van der Waals surface area contributed by atoms with Crippen molar-refractivity contribution in [3.63, 3.8) is 0 Å². The van der Waals surface area contributed by atoms with Crippen molar-refractivity contribution in [2.24, 2.45) is 7.05 Å². The molecule has 2 heterocycles. The summed E-state index contributed by atoms with van der Waals surface area (Å²) >= 11 is 6.55. The second-order valence-electron chi connectivity index (χ2n) is 7.60. The second-order valence-corrected chi connectivity index (χ2v) is 8.00. The molecule has 8 nitrogen and oxygen atoms in total. The number of nitrogens with zero attached hydrogens (tertiary/aromatic N) is 3. The van der Waals surface area contributed by atoms with Crippen molar-refractivity contribution in [1.29, 1.82) is 0 Å². The number of halogens is 1. The summed E-state index contributed by atoms with van der Waals surface area (Å²) in [7, 11) is 1.51. The molecule has 1 amide bonds. The Labute approximate surface area is 194 Å². The second kappa shape index (κ2) is 9.30. The van der Waals surface area contributed by atoms with Crippen molar-refractivity contribution in [2.45, 2.75) is 18.8 Å². The van der Waals surface area contributed by atoms with E-state index in [4.69, 9.17) is 16.1 Å². The third-order valence-electron chi connectivity index (χ3n) is 5.51. The van der Waals surface area contributed by atoms with Gasteiger partial charge in [0, 0.05) is 23.9 Å². The van der Waals surface area contributed by atoms with Crippen molar-refractivity contribution < 1.29 is 14.4 Å². The molecular weight excluding hydrogens is 444 g/mol. The molecule has 0 spiro atoms. The summed E-state index contributed by atoms with van der Waals surface area (Å²) in [5.74, 6) is -1.82. The number of hydrogen-bond donors (Lipinski definition) is 2. The van der Waals surface area contributed by atoms with Gasteiger partial charge in [-0.2, -0.15) is 0 Å². The molecule has 33 heavy (non-hydrogen) atoms. The molecule has 9 heteroatoms. The molecule has 0 unspecified atom stereocenters. The van der Waals surface area contributed by atoms with E-state index in [0.29, 0.717) is 10.8 Å². The van der Waals surface area contributed by atoms with Gasteiger partial charge >= 0.3 is 0 Å². The lowest BCUT2D eigenvalue weighted by Crippen LogP contribution is -2.29. The molecule has 168 valence electrons. The first-order valence-corrected chi connectivity index (χ1v) is 10.6. The zero-order valence-corrected chi connectivity index (χ0v) is 18.7. The van der Waals surface area contributed by atoms with Crippen LogP contribution in [0, 0.1) is 0 Å². The van der Waals surface area contributed by atoms with Gasteiger partial charge in [-0.3, -0.25) is 14.2 Å². The minimum atomic E-state index is -0.754. The van der Waals surface area contributed by atoms with Crippen molar-refractivity contribution in [3.8, 4) is 5.75 Å². The maximum atomic E-state index is 12.8. The van der Waals surface area contributed by atoms with Crippen molar-refractivity contribution in [2.75, 3.05) is 5.32 Å². The van der Waals surface area contributed by atoms with Gasteiger partial charge < -0.3 is 14.9 Å². The van der Waals surface area contributed by atoms with Gasteiger partial charge in [-0.15, -0.1) is 0 Å². The number of rotatable bonds is 6. The molecule has 0 saturated heterocycles. The molecule has 0 aliphatic rings. The Morgan fingerprint density at radius 2 is 1.85 bits per heavy atom. The Bertz CT molecular complexity index is 1340. The highest BCUT2D eigenvalue weighted by Crippen LogP contribution is 2.40. The fourth-order valence-electron chi connectivity index (χ4n) is 3.90. The van der Waals surface area contributed by atoms with E-state index < -0.39 is 17.2 Å². The summed E-state index contributed by atoms with van der Waals surface area (Å²) in [4.78, 5) is 30.0. The zero-order chi connectivity index (χ0) is 23.5. The third kappa shape index (κ3) is 4.38. The van der Waals surface area contributed by atoms with Crippen LogP contribution in [0.5, 0.6) is 5.75 Å². The summed E-state index contributed by atoms with van der Waals surface area (Å²) in [6, 6.07) is 17.2. The topological polar surface area (TPSA) is 110 Å². The van der Waals surface area contributed by atoms with Crippen LogP contribution in [-0.2, 0) is 7.05 Å². The van der Waals surface area contributed by atoms with E-state index in [2.05, 4.69) is 15.5 Å². The van der Waals surface area contributed by atoms with Crippen LogP contribution in [0.2, 0.25) is 5.02 Å². The van der Waals surface area contributed by atoms with Crippen molar-refractivity contribution in [3.05, 3.63) is 105 Å². The summed E-state index contributed by atoms with van der Waals surface area (Å²) < 4.78 is 5.95. The van der Waals surface area contributed by atoms with Gasteiger partial charge in [-0.1, -0.05) is 72.2 Å². The van der Waals surface area contributed by atoms with Gasteiger partial charge in [-0.05, 0) is 17.2 Å². The predicted molar refractivity (Wildman–Crippen MR) is 124 cm³/mol. The summed E-state index contributed by atoms with van der Waals surface area (Å²) in [5.41, 5.74) is 0.988. The highest BCUT2D eigenvalue weighted by Gasteiger charge is 2.30. The minimum absolute atomic E-state index is 0.267. The highest BCUT2D eigenvalue weighted by molar-refractivity contribution is 6.31. The maximum absolute atomic E-state index is 12.8. The van der Waals surface area contributed by atoms with E-state index >= 15 is 0 Å². The lowest BCUT2D eigenvalue weighted by atomic mass is 9.81. The van der Waals surface area contributed by atoms with Crippen LogP contribution in [0.25, 0.3) is 0 Å². The normalized spacial score (nSPS) is 12.8. The van der Waals surface area contributed by atoms with Gasteiger partial charge in [0.1, 0.15) is 17.8 Å². The number of hydrogen-bond acceptors (Lipinski definition) is 6. The number of amides is 1. The summed E-state index contributed by atoms with van der Waals surface area (Å²) in [5, 5.41) is 17.0. The van der Waals surface area contributed by atoms with Gasteiger partial charge in [0.05, 0.1) is 6.20 Å². The van der Waals surface area contributed by atoms with E-state index in [1.54, 1.807) is 6.07 Å². The molecule has 2 atom stereocenters. The largest absolute Gasteiger partial charge is 0.501 e. The molecule has 0 bridgehead atoms. The maximum Gasteiger partial charge on any atom is 0.296 e. The SMILES string of the molecule is C[C@@H](c1nc(C(=O)Nc2cnoc2)c(O)c(=O)n1C)[C@@H](c1ccccc1)c1ccccc1Cl. The number of aromatic nitrogens is 3. The van der Waals surface area contributed by atoms with Crippen LogP contribution in [0.3, 0.4) is 0 Å². The molecule has 2 aromatic heterocycles. The number of carbonyl (C=O) groups excluding carboxylic acids is 1. The van der Waals surface area contributed by atoms with Crippen LogP contribution < -0.4 is 10.9 Å². The fraction of sp³-hybridized carbons (Fsp3) is 0.167. The first kappa shape index (κ1) is 22.3. The average molecular weight is 465 g/mol. The van der Waals surface area contributed by atoms with Crippen molar-refractivity contribution in [1.82, 2.24) is 14.7 Å². The molecule has 0 saturated carbocycles. The van der Waals surface area contributed by atoms with E-state index in [-0.39, 0.29) is 23.2 Å². The van der Waals surface area contributed by atoms with Gasteiger partial charge in [0.15, 0.2) is 5.69 Å². The predicted octanol–water partition coefficient (Wildman–Crippen LogP) is 4.32. The smallest absolute Gasteiger partial charge is 0.296 e. The van der Waals surface area contributed by atoms with Crippen LogP contribution in [0.1, 0.15) is 46.2 Å². The first-order chi connectivity index (χ1) is 15.9. The lowest BCUT2D eigenvalue weighted by Gasteiger charge is -2.27. The number of nitrogens with one attached hydrogen (secondary N) is 1. The van der Waals surface area contributed by atoms with Crippen LogP contribution in [0.15, 0.2) is 76.4 Å². The van der Waals surface area contributed by atoms with E-state index in [1.165, 1.54) is 24.1 Å². The summed E-state index contributed by atoms with van der Waals surface area (Å²) in [6.45, 7) is 1.90. The molecule has 4 rings (SSSR count). The quantitative estimate of drug-likeness (QED) is 0.440. The monoisotopic (exact) mass is 464 g/mol. The number of carbonyl (C=O) groups is 1.